The van der Waals surface area contributed by atoms with E-state index in [1.54, 1.807) is 25.3 Å². The lowest BCUT2D eigenvalue weighted by Gasteiger charge is -2.11. The van der Waals surface area contributed by atoms with Crippen LogP contribution in [0, 0.1) is 0 Å². The van der Waals surface area contributed by atoms with E-state index in [-0.39, 0.29) is 18.2 Å². The molecule has 0 aliphatic carbocycles. The molecule has 2 amide bonds. The van der Waals surface area contributed by atoms with Crippen LogP contribution >= 0.6 is 11.8 Å². The second-order valence-corrected chi connectivity index (χ2v) is 6.29. The summed E-state index contributed by atoms with van der Waals surface area (Å²) in [6.45, 7) is 0.939. The molecule has 0 saturated carbocycles. The van der Waals surface area contributed by atoms with Crippen LogP contribution in [0.5, 0.6) is 11.5 Å². The number of amides is 2. The number of amidine groups is 1. The standard InChI is InChI=1S/C16H21N3O5S/c1-22-7-6-17-16-19-15(21)13(25-16)9-14(20)18-10-4-5-11(23-2)12(8-10)24-3/h4-5,8,13H,6-7,9H2,1-3H3,(H,18,20)(H,17,19,21)/t13-/m1/s1. The average molecular weight is 367 g/mol. The number of carbonyl (C=O) groups is 2. The van der Waals surface area contributed by atoms with Gasteiger partial charge in [-0.2, -0.15) is 0 Å². The van der Waals surface area contributed by atoms with Crippen LogP contribution in [0.3, 0.4) is 0 Å². The lowest BCUT2D eigenvalue weighted by atomic mass is 10.2. The minimum Gasteiger partial charge on any atom is -0.493 e. The van der Waals surface area contributed by atoms with Gasteiger partial charge < -0.3 is 24.8 Å². The number of thioether (sulfide) groups is 1. The van der Waals surface area contributed by atoms with Crippen LogP contribution in [0.2, 0.25) is 0 Å². The minimum absolute atomic E-state index is 0.0497. The SMILES string of the molecule is COCCN=C1NC(=O)[C@@H](CC(=O)Nc2ccc(OC)c(OC)c2)S1. The van der Waals surface area contributed by atoms with Crippen molar-refractivity contribution >= 4 is 34.4 Å². The van der Waals surface area contributed by atoms with Gasteiger partial charge in [-0.05, 0) is 12.1 Å². The molecule has 25 heavy (non-hydrogen) atoms. The molecule has 136 valence electrons. The molecule has 8 nitrogen and oxygen atoms in total. The fourth-order valence-electron chi connectivity index (χ4n) is 2.15. The highest BCUT2D eigenvalue weighted by atomic mass is 32.2. The van der Waals surface area contributed by atoms with Gasteiger partial charge in [-0.3, -0.25) is 14.6 Å². The summed E-state index contributed by atoms with van der Waals surface area (Å²) in [7, 11) is 4.65. The quantitative estimate of drug-likeness (QED) is 0.672. The molecular weight excluding hydrogens is 346 g/mol. The highest BCUT2D eigenvalue weighted by Gasteiger charge is 2.31. The maximum atomic E-state index is 12.2. The highest BCUT2D eigenvalue weighted by molar-refractivity contribution is 8.15. The molecule has 1 atom stereocenters. The molecule has 0 aromatic heterocycles. The van der Waals surface area contributed by atoms with Crippen molar-refractivity contribution in [3.05, 3.63) is 18.2 Å². The molecule has 1 saturated heterocycles. The van der Waals surface area contributed by atoms with Gasteiger partial charge in [0.05, 0.1) is 27.4 Å². The molecule has 0 bridgehead atoms. The number of benzene rings is 1. The number of nitrogens with one attached hydrogen (secondary N) is 2. The molecule has 9 heteroatoms. The minimum atomic E-state index is -0.499. The fraction of sp³-hybridized carbons (Fsp3) is 0.438. The summed E-state index contributed by atoms with van der Waals surface area (Å²) in [5, 5.41) is 5.44. The second-order valence-electron chi connectivity index (χ2n) is 5.10. The van der Waals surface area contributed by atoms with E-state index in [9.17, 15) is 9.59 Å². The Labute approximate surface area is 150 Å². The van der Waals surface area contributed by atoms with Crippen LogP contribution < -0.4 is 20.1 Å². The molecule has 1 fully saturated rings. The first-order valence-corrected chi connectivity index (χ1v) is 8.48. The van der Waals surface area contributed by atoms with Crippen LogP contribution in [0.1, 0.15) is 6.42 Å². The number of aliphatic imine (C=N–C) groups is 1. The van der Waals surface area contributed by atoms with E-state index in [2.05, 4.69) is 15.6 Å². The van der Waals surface area contributed by atoms with Crippen molar-refractivity contribution in [1.82, 2.24) is 5.32 Å². The zero-order chi connectivity index (χ0) is 18.2. The van der Waals surface area contributed by atoms with Crippen LogP contribution in [0.25, 0.3) is 0 Å². The van der Waals surface area contributed by atoms with E-state index in [1.165, 1.54) is 26.0 Å². The Morgan fingerprint density at radius 2 is 2.04 bits per heavy atom. The summed E-state index contributed by atoms with van der Waals surface area (Å²) < 4.78 is 15.3. The van der Waals surface area contributed by atoms with Crippen molar-refractivity contribution in [1.29, 1.82) is 0 Å². The predicted octanol–water partition coefficient (Wildman–Crippen LogP) is 1.27. The summed E-state index contributed by atoms with van der Waals surface area (Å²) in [6, 6.07) is 5.07. The first-order valence-electron chi connectivity index (χ1n) is 7.60. The Morgan fingerprint density at radius 1 is 1.28 bits per heavy atom. The number of carbonyl (C=O) groups excluding carboxylic acids is 2. The van der Waals surface area contributed by atoms with Crippen LogP contribution in [-0.2, 0) is 14.3 Å². The third-order valence-electron chi connectivity index (χ3n) is 3.37. The molecule has 2 N–H and O–H groups in total. The van der Waals surface area contributed by atoms with Gasteiger partial charge in [0.15, 0.2) is 16.7 Å². The summed E-state index contributed by atoms with van der Waals surface area (Å²) in [5.74, 6) is 0.602. The molecule has 1 aromatic carbocycles. The molecule has 2 rings (SSSR count). The van der Waals surface area contributed by atoms with E-state index >= 15 is 0 Å². The monoisotopic (exact) mass is 367 g/mol. The first-order chi connectivity index (χ1) is 12.1. The Bertz CT molecular complexity index is 665. The lowest BCUT2D eigenvalue weighted by Crippen LogP contribution is -2.28. The number of anilines is 1. The van der Waals surface area contributed by atoms with Crippen molar-refractivity contribution in [2.24, 2.45) is 4.99 Å². The maximum absolute atomic E-state index is 12.2. The van der Waals surface area contributed by atoms with Gasteiger partial charge in [0.25, 0.3) is 0 Å². The van der Waals surface area contributed by atoms with Crippen LogP contribution in [-0.4, -0.2) is 56.7 Å². The van der Waals surface area contributed by atoms with E-state index in [1.807, 2.05) is 0 Å². The normalized spacial score (nSPS) is 18.1. The van der Waals surface area contributed by atoms with Crippen LogP contribution in [0.15, 0.2) is 23.2 Å². The number of methoxy groups -OCH3 is 3. The van der Waals surface area contributed by atoms with Gasteiger partial charge in [-0.1, -0.05) is 11.8 Å². The van der Waals surface area contributed by atoms with Gasteiger partial charge in [-0.25, -0.2) is 0 Å². The van der Waals surface area contributed by atoms with Gasteiger partial charge in [0.1, 0.15) is 5.25 Å². The Kier molecular flexibility index (Phi) is 7.08. The lowest BCUT2D eigenvalue weighted by molar-refractivity contribution is -0.122. The van der Waals surface area contributed by atoms with Crippen molar-refractivity contribution in [3.8, 4) is 11.5 Å². The van der Waals surface area contributed by atoms with E-state index in [0.29, 0.717) is 35.5 Å². The smallest absolute Gasteiger partial charge is 0.240 e. The zero-order valence-corrected chi connectivity index (χ0v) is 15.1. The number of ether oxygens (including phenoxy) is 3. The molecule has 0 spiro atoms. The molecule has 1 aliphatic rings. The molecular formula is C16H21N3O5S. The maximum Gasteiger partial charge on any atom is 0.240 e. The summed E-state index contributed by atoms with van der Waals surface area (Å²) in [4.78, 5) is 28.3. The van der Waals surface area contributed by atoms with Crippen molar-refractivity contribution in [2.45, 2.75) is 11.7 Å². The van der Waals surface area contributed by atoms with E-state index < -0.39 is 5.25 Å². The van der Waals surface area contributed by atoms with Crippen molar-refractivity contribution in [3.63, 3.8) is 0 Å². The van der Waals surface area contributed by atoms with Gasteiger partial charge >= 0.3 is 0 Å². The van der Waals surface area contributed by atoms with Gasteiger partial charge in [-0.15, -0.1) is 0 Å². The van der Waals surface area contributed by atoms with Crippen LogP contribution in [0.4, 0.5) is 5.69 Å². The Balaban J connectivity index is 1.92. The molecule has 1 aromatic rings. The predicted molar refractivity (Wildman–Crippen MR) is 96.5 cm³/mol. The summed E-state index contributed by atoms with van der Waals surface area (Å²) >= 11 is 1.25. The molecule has 0 unspecified atom stereocenters. The summed E-state index contributed by atoms with van der Waals surface area (Å²) in [6.07, 6.45) is 0.0497. The van der Waals surface area contributed by atoms with E-state index in [0.717, 1.165) is 0 Å². The second kappa shape index (κ2) is 9.28. The summed E-state index contributed by atoms with van der Waals surface area (Å²) in [5.41, 5.74) is 0.569. The fourth-order valence-corrected chi connectivity index (χ4v) is 3.14. The largest absolute Gasteiger partial charge is 0.493 e. The van der Waals surface area contributed by atoms with Crippen molar-refractivity contribution in [2.75, 3.05) is 39.8 Å². The first kappa shape index (κ1) is 19.1. The number of hydrogen-bond acceptors (Lipinski definition) is 7. The molecule has 0 radical (unpaired) electrons. The van der Waals surface area contributed by atoms with Gasteiger partial charge in [0, 0.05) is 25.3 Å². The van der Waals surface area contributed by atoms with Crippen molar-refractivity contribution < 1.29 is 23.8 Å². The third-order valence-corrected chi connectivity index (χ3v) is 4.49. The Morgan fingerprint density at radius 3 is 2.72 bits per heavy atom. The third kappa shape index (κ3) is 5.36. The number of hydrogen-bond donors (Lipinski definition) is 2. The number of nitrogens with zero attached hydrogens (tertiary/aromatic N) is 1. The van der Waals surface area contributed by atoms with Gasteiger partial charge in [0.2, 0.25) is 11.8 Å². The zero-order valence-electron chi connectivity index (χ0n) is 14.3. The average Bonchev–Trinajstić information content (AvgIpc) is 2.94. The highest BCUT2D eigenvalue weighted by Crippen LogP contribution is 2.30. The van der Waals surface area contributed by atoms with E-state index in [4.69, 9.17) is 14.2 Å². The Hall–Kier alpha value is -2.26. The molecule has 1 heterocycles. The topological polar surface area (TPSA) is 98.2 Å². The molecule has 1 aliphatic heterocycles. The number of rotatable bonds is 8.